The minimum atomic E-state index is -0.212. The van der Waals surface area contributed by atoms with E-state index >= 15 is 0 Å². The minimum absolute atomic E-state index is 0.212. The molecule has 0 saturated heterocycles. The lowest BCUT2D eigenvalue weighted by Crippen LogP contribution is -2.39. The van der Waals surface area contributed by atoms with Crippen molar-refractivity contribution in [3.8, 4) is 0 Å². The molecule has 0 amide bonds. The van der Waals surface area contributed by atoms with Crippen molar-refractivity contribution >= 4 is 11.6 Å². The molecule has 0 fully saturated rings. The summed E-state index contributed by atoms with van der Waals surface area (Å²) in [6, 6.07) is 16.8. The molecule has 0 aromatic heterocycles. The van der Waals surface area contributed by atoms with E-state index in [-0.39, 0.29) is 5.82 Å². The van der Waals surface area contributed by atoms with Crippen LogP contribution in [0.25, 0.3) is 0 Å². The summed E-state index contributed by atoms with van der Waals surface area (Å²) < 4.78 is 13.3. The van der Waals surface area contributed by atoms with E-state index in [1.165, 1.54) is 6.07 Å². The number of halogens is 1. The summed E-state index contributed by atoms with van der Waals surface area (Å²) in [5.74, 6) is 0.592. The molecule has 0 aliphatic rings. The van der Waals surface area contributed by atoms with Gasteiger partial charge in [-0.1, -0.05) is 30.3 Å². The molecule has 0 bridgehead atoms. The van der Waals surface area contributed by atoms with Crippen molar-refractivity contribution in [3.63, 3.8) is 0 Å². The SMILES string of the molecule is CN=C(NCCCNc1ccccc1)N(C)Cc1cccc(F)c1. The minimum Gasteiger partial charge on any atom is -0.385 e. The van der Waals surface area contributed by atoms with Crippen molar-refractivity contribution in [3.05, 3.63) is 66.0 Å². The summed E-state index contributed by atoms with van der Waals surface area (Å²) >= 11 is 0. The lowest BCUT2D eigenvalue weighted by molar-refractivity contribution is 0.474. The highest BCUT2D eigenvalue weighted by atomic mass is 19.1. The maximum atomic E-state index is 13.3. The van der Waals surface area contributed by atoms with Gasteiger partial charge in [0.1, 0.15) is 5.82 Å². The van der Waals surface area contributed by atoms with Crippen LogP contribution in [0.2, 0.25) is 0 Å². The number of para-hydroxylation sites is 1. The van der Waals surface area contributed by atoms with E-state index in [1.807, 2.05) is 36.2 Å². The molecule has 0 saturated carbocycles. The second kappa shape index (κ2) is 9.55. The third kappa shape index (κ3) is 5.91. The van der Waals surface area contributed by atoms with Crippen molar-refractivity contribution in [2.75, 3.05) is 32.5 Å². The molecule has 0 atom stereocenters. The summed E-state index contributed by atoms with van der Waals surface area (Å²) in [5.41, 5.74) is 2.05. The zero-order valence-electron chi connectivity index (χ0n) is 14.3. The Morgan fingerprint density at radius 2 is 1.88 bits per heavy atom. The molecule has 0 spiro atoms. The Balaban J connectivity index is 1.71. The van der Waals surface area contributed by atoms with Gasteiger partial charge in [0.05, 0.1) is 0 Å². The monoisotopic (exact) mass is 328 g/mol. The van der Waals surface area contributed by atoms with Crippen LogP contribution in [0.4, 0.5) is 10.1 Å². The predicted octanol–water partition coefficient (Wildman–Crippen LogP) is 3.34. The summed E-state index contributed by atoms with van der Waals surface area (Å²) in [6.07, 6.45) is 0.974. The van der Waals surface area contributed by atoms with Gasteiger partial charge in [0.15, 0.2) is 5.96 Å². The first-order valence-corrected chi connectivity index (χ1v) is 8.14. The zero-order chi connectivity index (χ0) is 17.2. The molecule has 2 rings (SSSR count). The Kier molecular flexibility index (Phi) is 7.08. The van der Waals surface area contributed by atoms with E-state index in [0.717, 1.165) is 36.7 Å². The number of nitrogens with one attached hydrogen (secondary N) is 2. The van der Waals surface area contributed by atoms with Gasteiger partial charge in [-0.3, -0.25) is 4.99 Å². The number of benzene rings is 2. The van der Waals surface area contributed by atoms with E-state index in [9.17, 15) is 4.39 Å². The van der Waals surface area contributed by atoms with E-state index < -0.39 is 0 Å². The topological polar surface area (TPSA) is 39.7 Å². The summed E-state index contributed by atoms with van der Waals surface area (Å²) in [7, 11) is 3.70. The number of hydrogen-bond acceptors (Lipinski definition) is 2. The first kappa shape index (κ1) is 17.8. The smallest absolute Gasteiger partial charge is 0.193 e. The van der Waals surface area contributed by atoms with Crippen LogP contribution in [0.3, 0.4) is 0 Å². The fourth-order valence-corrected chi connectivity index (χ4v) is 2.45. The van der Waals surface area contributed by atoms with E-state index in [2.05, 4.69) is 27.8 Å². The average Bonchev–Trinajstić information content (AvgIpc) is 2.59. The number of hydrogen-bond donors (Lipinski definition) is 2. The van der Waals surface area contributed by atoms with Crippen molar-refractivity contribution in [1.82, 2.24) is 10.2 Å². The Morgan fingerprint density at radius 3 is 2.58 bits per heavy atom. The maximum Gasteiger partial charge on any atom is 0.193 e. The summed E-state index contributed by atoms with van der Waals surface area (Å²) in [6.45, 7) is 2.32. The van der Waals surface area contributed by atoms with Crippen molar-refractivity contribution in [1.29, 1.82) is 0 Å². The standard InChI is InChI=1S/C19H25FN4/c1-21-19(24(2)15-16-8-6-9-17(20)14-16)23-13-7-12-22-18-10-4-3-5-11-18/h3-6,8-11,14,22H,7,12-13,15H2,1-2H3,(H,21,23). The van der Waals surface area contributed by atoms with Gasteiger partial charge >= 0.3 is 0 Å². The van der Waals surface area contributed by atoms with E-state index in [0.29, 0.717) is 6.54 Å². The lowest BCUT2D eigenvalue weighted by Gasteiger charge is -2.22. The zero-order valence-corrected chi connectivity index (χ0v) is 14.3. The number of anilines is 1. The average molecular weight is 328 g/mol. The van der Waals surface area contributed by atoms with Gasteiger partial charge < -0.3 is 15.5 Å². The van der Waals surface area contributed by atoms with Crippen LogP contribution in [-0.2, 0) is 6.54 Å². The Bertz CT molecular complexity index is 643. The molecule has 2 aromatic carbocycles. The van der Waals surface area contributed by atoms with Gasteiger partial charge in [-0.15, -0.1) is 0 Å². The number of rotatable bonds is 7. The maximum absolute atomic E-state index is 13.3. The van der Waals surface area contributed by atoms with E-state index in [4.69, 9.17) is 0 Å². The molecule has 128 valence electrons. The largest absolute Gasteiger partial charge is 0.385 e. The van der Waals surface area contributed by atoms with Crippen LogP contribution in [0, 0.1) is 5.82 Å². The molecule has 0 unspecified atom stereocenters. The molecule has 0 aliphatic heterocycles. The highest BCUT2D eigenvalue weighted by Gasteiger charge is 2.06. The molecular formula is C19H25FN4. The molecule has 4 nitrogen and oxygen atoms in total. The van der Waals surface area contributed by atoms with Gasteiger partial charge in [0.2, 0.25) is 0 Å². The molecule has 2 aromatic rings. The normalized spacial score (nSPS) is 11.2. The van der Waals surface area contributed by atoms with Crippen LogP contribution in [-0.4, -0.2) is 38.0 Å². The lowest BCUT2D eigenvalue weighted by atomic mass is 10.2. The van der Waals surface area contributed by atoms with Crippen molar-refractivity contribution < 1.29 is 4.39 Å². The van der Waals surface area contributed by atoms with Crippen molar-refractivity contribution in [2.45, 2.75) is 13.0 Å². The highest BCUT2D eigenvalue weighted by Crippen LogP contribution is 2.06. The van der Waals surface area contributed by atoms with Gasteiger partial charge in [0, 0.05) is 39.4 Å². The second-order valence-corrected chi connectivity index (χ2v) is 5.61. The van der Waals surface area contributed by atoms with Crippen molar-refractivity contribution in [2.24, 2.45) is 4.99 Å². The molecule has 0 radical (unpaired) electrons. The van der Waals surface area contributed by atoms with Crippen LogP contribution in [0.15, 0.2) is 59.6 Å². The number of nitrogens with zero attached hydrogens (tertiary/aromatic N) is 2. The summed E-state index contributed by atoms with van der Waals surface area (Å²) in [5, 5.41) is 6.71. The Labute approximate surface area is 143 Å². The number of aliphatic imine (C=N–C) groups is 1. The van der Waals surface area contributed by atoms with Gasteiger partial charge in [0.25, 0.3) is 0 Å². The fraction of sp³-hybridized carbons (Fsp3) is 0.316. The molecule has 0 aliphatic carbocycles. The molecule has 2 N–H and O–H groups in total. The summed E-state index contributed by atoms with van der Waals surface area (Å²) in [4.78, 5) is 6.27. The fourth-order valence-electron chi connectivity index (χ4n) is 2.45. The molecule has 24 heavy (non-hydrogen) atoms. The van der Waals surface area contributed by atoms with Gasteiger partial charge in [-0.05, 0) is 36.2 Å². The second-order valence-electron chi connectivity index (χ2n) is 5.61. The quantitative estimate of drug-likeness (QED) is 0.465. The first-order valence-electron chi connectivity index (χ1n) is 8.14. The van der Waals surface area contributed by atoms with Gasteiger partial charge in [-0.2, -0.15) is 0 Å². The molecule has 5 heteroatoms. The first-order chi connectivity index (χ1) is 11.7. The number of guanidine groups is 1. The van der Waals surface area contributed by atoms with Gasteiger partial charge in [-0.25, -0.2) is 4.39 Å². The molecular weight excluding hydrogens is 303 g/mol. The van der Waals surface area contributed by atoms with Crippen LogP contribution in [0.1, 0.15) is 12.0 Å². The third-order valence-electron chi connectivity index (χ3n) is 3.62. The van der Waals surface area contributed by atoms with Crippen LogP contribution < -0.4 is 10.6 Å². The third-order valence-corrected chi connectivity index (χ3v) is 3.62. The Morgan fingerprint density at radius 1 is 1.08 bits per heavy atom. The van der Waals surface area contributed by atoms with Crippen LogP contribution in [0.5, 0.6) is 0 Å². The predicted molar refractivity (Wildman–Crippen MR) is 98.8 cm³/mol. The van der Waals surface area contributed by atoms with Crippen LogP contribution >= 0.6 is 0 Å². The Hall–Kier alpha value is -2.56. The van der Waals surface area contributed by atoms with E-state index in [1.54, 1.807) is 19.2 Å². The molecule has 0 heterocycles. The highest BCUT2D eigenvalue weighted by molar-refractivity contribution is 5.79.